The number of aliphatic imine (C=N–C) groups is 1. The highest BCUT2D eigenvalue weighted by Gasteiger charge is 2.24. The molecule has 0 radical (unpaired) electrons. The number of guanidine groups is 1. The molecule has 0 saturated heterocycles. The van der Waals surface area contributed by atoms with Crippen molar-refractivity contribution in [1.29, 1.82) is 0 Å². The maximum absolute atomic E-state index is 12.2. The second-order valence-corrected chi connectivity index (χ2v) is 7.46. The van der Waals surface area contributed by atoms with Gasteiger partial charge in [-0.3, -0.25) is 4.79 Å². The third-order valence-electron chi connectivity index (χ3n) is 4.04. The maximum atomic E-state index is 12.2. The molecule has 0 aliphatic carbocycles. The van der Waals surface area contributed by atoms with Crippen LogP contribution in [0.2, 0.25) is 0 Å². The van der Waals surface area contributed by atoms with Crippen LogP contribution in [0.15, 0.2) is 35.5 Å². The standard InChI is InChI=1S/C19H25N5O2S.HI/c1-3-20-19(23-12-17-22-11-14(2)27-17)21-9-6-10-24-15-7-4-5-8-16(15)26-13-18(24)25;/h4-5,7-8,11H,3,6,9-10,12-13H2,1-2H3,(H2,20,21,23);1H. The Balaban J connectivity index is 0.00000280. The van der Waals surface area contributed by atoms with Gasteiger partial charge in [0.25, 0.3) is 5.91 Å². The average Bonchev–Trinajstić information content (AvgIpc) is 3.09. The van der Waals surface area contributed by atoms with Crippen LogP contribution >= 0.6 is 35.3 Å². The first kappa shape index (κ1) is 22.4. The molecule has 0 fully saturated rings. The molecule has 2 heterocycles. The summed E-state index contributed by atoms with van der Waals surface area (Å²) in [6, 6.07) is 7.64. The van der Waals surface area contributed by atoms with Gasteiger partial charge in [-0.15, -0.1) is 35.3 Å². The summed E-state index contributed by atoms with van der Waals surface area (Å²) in [6.45, 7) is 6.88. The van der Waals surface area contributed by atoms with Gasteiger partial charge in [-0.05, 0) is 32.4 Å². The van der Waals surface area contributed by atoms with E-state index in [9.17, 15) is 4.79 Å². The van der Waals surface area contributed by atoms with Crippen LogP contribution in [-0.4, -0.2) is 43.1 Å². The summed E-state index contributed by atoms with van der Waals surface area (Å²) in [5.41, 5.74) is 0.841. The number of fused-ring (bicyclic) bond motifs is 1. The van der Waals surface area contributed by atoms with Gasteiger partial charge in [-0.25, -0.2) is 9.98 Å². The fourth-order valence-corrected chi connectivity index (χ4v) is 3.52. The number of hydrogen-bond acceptors (Lipinski definition) is 5. The molecular formula is C19H26IN5O2S. The molecule has 0 unspecified atom stereocenters. The van der Waals surface area contributed by atoms with Crippen molar-refractivity contribution in [3.63, 3.8) is 0 Å². The van der Waals surface area contributed by atoms with Gasteiger partial charge in [-0.1, -0.05) is 12.1 Å². The van der Waals surface area contributed by atoms with Gasteiger partial charge < -0.3 is 20.3 Å². The second-order valence-electron chi connectivity index (χ2n) is 6.14. The molecule has 152 valence electrons. The van der Waals surface area contributed by atoms with Crippen molar-refractivity contribution in [2.75, 3.05) is 31.1 Å². The van der Waals surface area contributed by atoms with E-state index in [4.69, 9.17) is 4.74 Å². The molecule has 0 atom stereocenters. The maximum Gasteiger partial charge on any atom is 0.265 e. The number of aryl methyl sites for hydroxylation is 1. The molecule has 0 saturated carbocycles. The number of rotatable bonds is 7. The molecule has 28 heavy (non-hydrogen) atoms. The second kappa shape index (κ2) is 11.2. The van der Waals surface area contributed by atoms with Crippen molar-refractivity contribution in [2.24, 2.45) is 4.99 Å². The average molecular weight is 515 g/mol. The lowest BCUT2D eigenvalue weighted by molar-refractivity contribution is -0.121. The highest BCUT2D eigenvalue weighted by molar-refractivity contribution is 14.0. The lowest BCUT2D eigenvalue weighted by Gasteiger charge is -2.29. The number of para-hydroxylation sites is 2. The van der Waals surface area contributed by atoms with E-state index in [1.165, 1.54) is 4.88 Å². The van der Waals surface area contributed by atoms with Gasteiger partial charge in [0.1, 0.15) is 10.8 Å². The number of carbonyl (C=O) groups excluding carboxylic acids is 1. The van der Waals surface area contributed by atoms with Crippen molar-refractivity contribution >= 4 is 52.9 Å². The summed E-state index contributed by atoms with van der Waals surface area (Å²) in [7, 11) is 0. The highest BCUT2D eigenvalue weighted by atomic mass is 127. The normalized spacial score (nSPS) is 13.4. The molecule has 0 bridgehead atoms. The minimum atomic E-state index is -0.00610. The van der Waals surface area contributed by atoms with Crippen LogP contribution in [0.3, 0.4) is 0 Å². The predicted molar refractivity (Wildman–Crippen MR) is 124 cm³/mol. The molecule has 1 aromatic carbocycles. The highest BCUT2D eigenvalue weighted by Crippen LogP contribution is 2.31. The van der Waals surface area contributed by atoms with E-state index in [0.29, 0.717) is 13.1 Å². The van der Waals surface area contributed by atoms with Crippen molar-refractivity contribution in [3.05, 3.63) is 40.3 Å². The number of nitrogens with one attached hydrogen (secondary N) is 2. The zero-order valence-electron chi connectivity index (χ0n) is 16.1. The molecule has 2 aromatic rings. The van der Waals surface area contributed by atoms with Crippen molar-refractivity contribution in [2.45, 2.75) is 26.8 Å². The Morgan fingerprint density at radius 1 is 1.36 bits per heavy atom. The van der Waals surface area contributed by atoms with Crippen LogP contribution in [0.1, 0.15) is 23.2 Å². The third kappa shape index (κ3) is 6.06. The molecular weight excluding hydrogens is 489 g/mol. The van der Waals surface area contributed by atoms with E-state index in [1.54, 1.807) is 16.2 Å². The Kier molecular flexibility index (Phi) is 8.97. The van der Waals surface area contributed by atoms with Crippen LogP contribution in [-0.2, 0) is 11.3 Å². The first-order valence-electron chi connectivity index (χ1n) is 9.13. The number of benzene rings is 1. The fourth-order valence-electron chi connectivity index (χ4n) is 2.81. The lowest BCUT2D eigenvalue weighted by Crippen LogP contribution is -2.42. The number of aromatic nitrogens is 1. The van der Waals surface area contributed by atoms with E-state index >= 15 is 0 Å². The molecule has 1 aliphatic heterocycles. The number of thiazole rings is 1. The monoisotopic (exact) mass is 515 g/mol. The number of anilines is 1. The van der Waals surface area contributed by atoms with Crippen LogP contribution in [0, 0.1) is 6.92 Å². The summed E-state index contributed by atoms with van der Waals surface area (Å²) in [4.78, 5) is 24.1. The summed E-state index contributed by atoms with van der Waals surface area (Å²) in [5, 5.41) is 7.56. The fraction of sp³-hybridized carbons (Fsp3) is 0.421. The molecule has 1 amide bonds. The van der Waals surface area contributed by atoms with Gasteiger partial charge in [-0.2, -0.15) is 0 Å². The Morgan fingerprint density at radius 3 is 2.93 bits per heavy atom. The molecule has 1 aliphatic rings. The molecule has 2 N–H and O–H groups in total. The smallest absolute Gasteiger partial charge is 0.265 e. The van der Waals surface area contributed by atoms with Gasteiger partial charge in [0.05, 0.1) is 12.2 Å². The molecule has 3 rings (SSSR count). The minimum Gasteiger partial charge on any atom is -0.482 e. The minimum absolute atomic E-state index is 0. The van der Waals surface area contributed by atoms with Crippen molar-refractivity contribution < 1.29 is 9.53 Å². The van der Waals surface area contributed by atoms with Crippen LogP contribution in [0.4, 0.5) is 5.69 Å². The molecule has 1 aromatic heterocycles. The van der Waals surface area contributed by atoms with Crippen LogP contribution in [0.25, 0.3) is 0 Å². The number of carbonyl (C=O) groups is 1. The first-order chi connectivity index (χ1) is 13.2. The number of ether oxygens (including phenoxy) is 1. The van der Waals surface area contributed by atoms with Gasteiger partial charge in [0.15, 0.2) is 12.6 Å². The first-order valence-corrected chi connectivity index (χ1v) is 9.94. The predicted octanol–water partition coefficient (Wildman–Crippen LogP) is 2.94. The summed E-state index contributed by atoms with van der Waals surface area (Å²) < 4.78 is 5.48. The van der Waals surface area contributed by atoms with Crippen molar-refractivity contribution in [1.82, 2.24) is 15.6 Å². The summed E-state index contributed by atoms with van der Waals surface area (Å²) in [5.74, 6) is 1.52. The van der Waals surface area contributed by atoms with Crippen molar-refractivity contribution in [3.8, 4) is 5.75 Å². The number of amides is 1. The zero-order valence-corrected chi connectivity index (χ0v) is 19.3. The summed E-state index contributed by atoms with van der Waals surface area (Å²) in [6.07, 6.45) is 2.67. The van der Waals surface area contributed by atoms with E-state index < -0.39 is 0 Å². The lowest BCUT2D eigenvalue weighted by atomic mass is 10.2. The number of nitrogens with zero attached hydrogens (tertiary/aromatic N) is 3. The largest absolute Gasteiger partial charge is 0.482 e. The number of hydrogen-bond donors (Lipinski definition) is 2. The molecule has 0 spiro atoms. The summed E-state index contributed by atoms with van der Waals surface area (Å²) >= 11 is 1.66. The third-order valence-corrected chi connectivity index (χ3v) is 4.94. The van der Waals surface area contributed by atoms with Gasteiger partial charge in [0, 0.05) is 30.7 Å². The SMILES string of the molecule is CCNC(=NCc1ncc(C)s1)NCCCN1C(=O)COc2ccccc21.I. The topological polar surface area (TPSA) is 78.9 Å². The van der Waals surface area contributed by atoms with E-state index in [-0.39, 0.29) is 36.5 Å². The van der Waals surface area contributed by atoms with E-state index in [0.717, 1.165) is 41.9 Å². The van der Waals surface area contributed by atoms with E-state index in [1.807, 2.05) is 44.3 Å². The molecule has 7 nitrogen and oxygen atoms in total. The zero-order chi connectivity index (χ0) is 19.1. The van der Waals surface area contributed by atoms with Crippen LogP contribution in [0.5, 0.6) is 5.75 Å². The Labute approximate surface area is 186 Å². The Morgan fingerprint density at radius 2 is 2.18 bits per heavy atom. The Bertz CT molecular complexity index is 811. The van der Waals surface area contributed by atoms with Gasteiger partial charge >= 0.3 is 0 Å². The van der Waals surface area contributed by atoms with Gasteiger partial charge in [0.2, 0.25) is 0 Å². The van der Waals surface area contributed by atoms with E-state index in [2.05, 4.69) is 20.6 Å². The Hall–Kier alpha value is -1.88. The quantitative estimate of drug-likeness (QED) is 0.257. The number of halogens is 1. The van der Waals surface area contributed by atoms with Crippen LogP contribution < -0.4 is 20.3 Å². The molecule has 9 heteroatoms.